The van der Waals surface area contributed by atoms with E-state index in [1.165, 1.54) is 0 Å². The number of carbonyl (C=O) groups is 4. The van der Waals surface area contributed by atoms with Crippen LogP contribution in [0.3, 0.4) is 0 Å². The Kier molecular flexibility index (Phi) is 11.5. The fraction of sp³-hybridized carbons (Fsp3) is 0.300. The predicted molar refractivity (Wildman–Crippen MR) is 184 cm³/mol. The van der Waals surface area contributed by atoms with Crippen molar-refractivity contribution in [3.05, 3.63) is 75.3 Å². The zero-order valence-electron chi connectivity index (χ0n) is 26.9. The monoisotopic (exact) mass is 856 g/mol. The average molecular weight is 856 g/mol. The summed E-state index contributed by atoms with van der Waals surface area (Å²) in [5, 5.41) is 34.7. The molecule has 276 valence electrons. The van der Waals surface area contributed by atoms with Crippen LogP contribution in [-0.4, -0.2) is 88.9 Å². The molecule has 2 aliphatic heterocycles. The summed E-state index contributed by atoms with van der Waals surface area (Å²) in [4.78, 5) is 77.6. The predicted octanol–water partition coefficient (Wildman–Crippen LogP) is -5.33. The van der Waals surface area contributed by atoms with Gasteiger partial charge in [-0.25, -0.2) is 0 Å². The number of thiazole rings is 1. The number of carboxylic acid groups (broad SMARTS) is 3. The molecule has 2 aliphatic rings. The number of nitrogens with zero attached hydrogens (tertiary/aromatic N) is 4. The van der Waals surface area contributed by atoms with Crippen LogP contribution < -0.4 is 45.9 Å². The molecule has 0 spiro atoms. The van der Waals surface area contributed by atoms with E-state index >= 15 is 0 Å². The summed E-state index contributed by atoms with van der Waals surface area (Å²) in [5.74, 6) is -6.69. The molecule has 4 heterocycles. The van der Waals surface area contributed by atoms with E-state index < -0.39 is 80.5 Å². The zero-order chi connectivity index (χ0) is 38.2. The summed E-state index contributed by atoms with van der Waals surface area (Å²) in [6.45, 7) is 0.611. The first kappa shape index (κ1) is 38.9. The van der Waals surface area contributed by atoms with Gasteiger partial charge in [-0.1, -0.05) is 12.2 Å². The van der Waals surface area contributed by atoms with Crippen molar-refractivity contribution in [1.82, 2.24) is 14.0 Å². The molecule has 0 atom stereocenters. The third-order valence-corrected chi connectivity index (χ3v) is 13.4. The summed E-state index contributed by atoms with van der Waals surface area (Å²) < 4.78 is 41.8. The van der Waals surface area contributed by atoms with Crippen LogP contribution in [0.1, 0.15) is 25.3 Å². The number of aromatic nitrogens is 2. The van der Waals surface area contributed by atoms with E-state index in [1.54, 1.807) is 13.0 Å². The number of fused-ring (bicyclic) bond motifs is 1. The molecule has 0 aliphatic carbocycles. The van der Waals surface area contributed by atoms with Crippen molar-refractivity contribution >= 4 is 109 Å². The first-order valence-corrected chi connectivity index (χ1v) is 20.3. The molecule has 0 bridgehead atoms. The van der Waals surface area contributed by atoms with Crippen molar-refractivity contribution in [3.63, 3.8) is 0 Å². The van der Waals surface area contributed by atoms with Crippen LogP contribution in [0.5, 0.6) is 0 Å². The number of aryl methyl sites for hydroxylation is 1. The molecule has 0 unspecified atom stereocenters. The molecular formula is C30H24N4O13S4Se-4. The number of aliphatic carboxylic acids is 3. The number of benzene rings is 1. The van der Waals surface area contributed by atoms with Crippen molar-refractivity contribution in [2.75, 3.05) is 23.7 Å². The summed E-state index contributed by atoms with van der Waals surface area (Å²) >= 11 is 5.81. The number of thioether (sulfide) groups is 1. The summed E-state index contributed by atoms with van der Waals surface area (Å²) in [7, 11) is -4.49. The van der Waals surface area contributed by atoms with Gasteiger partial charge in [0, 0.05) is 0 Å². The molecule has 52 heavy (non-hydrogen) atoms. The molecule has 17 nitrogen and oxygen atoms in total. The number of thiocarbonyl (C=S) groups is 1. The molecule has 2 aromatic heterocycles. The second-order valence-corrected chi connectivity index (χ2v) is 17.6. The van der Waals surface area contributed by atoms with Gasteiger partial charge in [0.25, 0.3) is 0 Å². The first-order valence-electron chi connectivity index (χ1n) is 15.0. The van der Waals surface area contributed by atoms with E-state index in [4.69, 9.17) is 16.6 Å². The van der Waals surface area contributed by atoms with Crippen molar-refractivity contribution in [3.8, 4) is 0 Å². The van der Waals surface area contributed by atoms with Crippen LogP contribution in [0, 0.1) is 17.0 Å². The summed E-state index contributed by atoms with van der Waals surface area (Å²) in [5.41, 5.74) is -1.05. The van der Waals surface area contributed by atoms with Crippen LogP contribution in [0.25, 0.3) is 10.5 Å². The molecule has 1 saturated heterocycles. The Morgan fingerprint density at radius 1 is 0.981 bits per heavy atom. The standard InChI is InChI=1S/C30H28N4O13S4Se/c1-3-15(10-18-31(7-4-8-51(44,45)46)16-9-14(2)5-6-17(16)52-18)22-25(41)32(11-19(35)36)28(47-22)23-26(42)33(12-20(37)38)29(49-23)24-27(43)34(13-21(39)40)30(48)50-24/h5-6,9-10H,3-4,7-8,11-13H2,1-2H3,(H,35,36)(H,37,38)(H,39,40)(H,44,45,46)/p-4/b18-10?,22-15?,28-23+,29-24+. The fourth-order valence-electron chi connectivity index (χ4n) is 5.26. The number of hydrogen-bond donors (Lipinski definition) is 0. The normalized spacial score (nSPS) is 17.6. The van der Waals surface area contributed by atoms with E-state index in [0.29, 0.717) is 41.7 Å². The first-order chi connectivity index (χ1) is 24.4. The third kappa shape index (κ3) is 8.17. The van der Waals surface area contributed by atoms with Crippen LogP contribution in [0.2, 0.25) is 0 Å². The molecule has 1 aromatic carbocycles. The third-order valence-electron chi connectivity index (χ3n) is 7.50. The van der Waals surface area contributed by atoms with Crippen molar-refractivity contribution in [2.24, 2.45) is 0 Å². The van der Waals surface area contributed by atoms with E-state index in [9.17, 15) is 57.1 Å². The van der Waals surface area contributed by atoms with Gasteiger partial charge in [0.2, 0.25) is 0 Å². The Morgan fingerprint density at radius 3 is 2.25 bits per heavy atom. The van der Waals surface area contributed by atoms with Gasteiger partial charge in [0.1, 0.15) is 0 Å². The van der Waals surface area contributed by atoms with Gasteiger partial charge in [0.15, 0.2) is 0 Å². The molecule has 1 fully saturated rings. The number of anilines is 1. The summed E-state index contributed by atoms with van der Waals surface area (Å²) in [6, 6.07) is 5.71. The number of carbonyl (C=O) groups excluding carboxylic acids is 4. The van der Waals surface area contributed by atoms with Crippen LogP contribution >= 0.6 is 35.3 Å². The van der Waals surface area contributed by atoms with Gasteiger partial charge in [-0.2, -0.15) is 0 Å². The van der Waals surface area contributed by atoms with Gasteiger partial charge in [-0.05, 0) is 0 Å². The van der Waals surface area contributed by atoms with E-state index in [1.807, 2.05) is 30.0 Å². The molecule has 0 saturated carbocycles. The van der Waals surface area contributed by atoms with Gasteiger partial charge in [-0.3, -0.25) is 0 Å². The topological polar surface area (TPSA) is 258 Å². The maximum absolute atomic E-state index is 13.8. The van der Waals surface area contributed by atoms with Gasteiger partial charge in [0.05, 0.1) is 12.5 Å². The number of rotatable bonds is 12. The van der Waals surface area contributed by atoms with Gasteiger partial charge >= 0.3 is 279 Å². The molecule has 3 aromatic rings. The average Bonchev–Trinajstić information content (AvgIpc) is 3.73. The SMILES string of the molecule is CCC(C=C1[Se]c2ccc(C)cc2N1CCCS(=O)(=O)[O-])=c1o/c(=c2/s/c(=C3/SC(=S)N(CC(=O)[O-])C3=O)n(CC(=O)[O-])c2=O)n(CC(=O)[O-])c1=O. The quantitative estimate of drug-likeness (QED) is 0.0936. The number of carboxylic acids is 3. The second kappa shape index (κ2) is 15.3. The number of allylic oxidation sites excluding steroid dienone is 1. The number of oxazole rings is 1. The van der Waals surface area contributed by atoms with Crippen LogP contribution in [-0.2, 0) is 42.4 Å². The Hall–Kier alpha value is -4.31. The van der Waals surface area contributed by atoms with E-state index in [2.05, 4.69) is 0 Å². The Morgan fingerprint density at radius 2 is 1.63 bits per heavy atom. The second-order valence-electron chi connectivity index (χ2n) is 11.2. The fourth-order valence-corrected chi connectivity index (χ4v) is 10.7. The van der Waals surface area contributed by atoms with E-state index in [-0.39, 0.29) is 59.2 Å². The Labute approximate surface area is 312 Å². The minimum atomic E-state index is -4.49. The van der Waals surface area contributed by atoms with Crippen molar-refractivity contribution in [2.45, 2.75) is 39.8 Å². The van der Waals surface area contributed by atoms with E-state index in [0.717, 1.165) is 15.7 Å². The number of hydrogen-bond acceptors (Lipinski definition) is 17. The molecule has 5 rings (SSSR count). The maximum atomic E-state index is 13.8. The molecule has 1 amide bonds. The van der Waals surface area contributed by atoms with Gasteiger partial charge < -0.3 is 9.90 Å². The summed E-state index contributed by atoms with van der Waals surface area (Å²) in [6.07, 6.45) is 1.79. The Bertz CT molecular complexity index is 2550. The Balaban J connectivity index is 1.80. The van der Waals surface area contributed by atoms with Gasteiger partial charge in [-0.15, -0.1) is 0 Å². The molecule has 0 N–H and O–H groups in total. The molecule has 0 radical (unpaired) electrons. The molecular weight excluding hydrogens is 832 g/mol. The van der Waals surface area contributed by atoms with Crippen molar-refractivity contribution in [1.29, 1.82) is 0 Å². The minimum absolute atomic E-state index is 0.00569. The van der Waals surface area contributed by atoms with Crippen LogP contribution in [0.4, 0.5) is 5.69 Å². The zero-order valence-corrected chi connectivity index (χ0v) is 31.9. The molecule has 22 heteroatoms. The number of amides is 1. The van der Waals surface area contributed by atoms with Crippen LogP contribution in [0.15, 0.2) is 42.9 Å². The van der Waals surface area contributed by atoms with Crippen molar-refractivity contribution < 1.29 is 51.9 Å².